The number of ketones is 1. The number of nitrogens with zero attached hydrogens (tertiary/aromatic N) is 3. The van der Waals surface area contributed by atoms with Gasteiger partial charge in [0.1, 0.15) is 17.4 Å². The van der Waals surface area contributed by atoms with Crippen LogP contribution in [0.5, 0.6) is 0 Å². The van der Waals surface area contributed by atoms with Crippen LogP contribution in [0, 0.1) is 5.92 Å². The van der Waals surface area contributed by atoms with E-state index in [0.29, 0.717) is 30.8 Å². The molecule has 3 heterocycles. The van der Waals surface area contributed by atoms with Crippen molar-refractivity contribution in [3.8, 4) is 0 Å². The average molecular weight is 375 g/mol. The summed E-state index contributed by atoms with van der Waals surface area (Å²) in [4.78, 5) is 21.3. The molecule has 0 amide bonds. The summed E-state index contributed by atoms with van der Waals surface area (Å²) >= 11 is 0. The first-order valence-electron chi connectivity index (χ1n) is 9.29. The van der Waals surface area contributed by atoms with Crippen molar-refractivity contribution < 1.29 is 9.18 Å². The van der Waals surface area contributed by atoms with Gasteiger partial charge in [-0.3, -0.25) is 19.9 Å². The molecule has 1 aliphatic rings. The SMILES string of the molecule is O=C(CC1CC(F)C1)c1nccc2cc(Nc3n[nH]c4cccnc34)ccc12. The highest BCUT2D eigenvalue weighted by Gasteiger charge is 2.31. The van der Waals surface area contributed by atoms with Gasteiger partial charge in [0.25, 0.3) is 0 Å². The fourth-order valence-corrected chi connectivity index (χ4v) is 3.73. The van der Waals surface area contributed by atoms with Gasteiger partial charge in [-0.15, -0.1) is 0 Å². The van der Waals surface area contributed by atoms with Crippen LogP contribution in [0.4, 0.5) is 15.9 Å². The van der Waals surface area contributed by atoms with Gasteiger partial charge in [-0.25, -0.2) is 4.39 Å². The van der Waals surface area contributed by atoms with Crippen molar-refractivity contribution in [2.75, 3.05) is 5.32 Å². The summed E-state index contributed by atoms with van der Waals surface area (Å²) in [7, 11) is 0. The Hall–Kier alpha value is -3.35. The van der Waals surface area contributed by atoms with Crippen LogP contribution in [-0.4, -0.2) is 32.1 Å². The molecule has 0 unspecified atom stereocenters. The molecule has 3 aromatic heterocycles. The first-order valence-corrected chi connectivity index (χ1v) is 9.29. The largest absolute Gasteiger partial charge is 0.337 e. The number of anilines is 2. The van der Waals surface area contributed by atoms with E-state index in [-0.39, 0.29) is 11.7 Å². The van der Waals surface area contributed by atoms with Gasteiger partial charge in [0.15, 0.2) is 11.6 Å². The molecule has 0 bridgehead atoms. The van der Waals surface area contributed by atoms with E-state index in [1.54, 1.807) is 12.4 Å². The van der Waals surface area contributed by atoms with Crippen LogP contribution in [0.1, 0.15) is 29.8 Å². The zero-order valence-corrected chi connectivity index (χ0v) is 15.0. The van der Waals surface area contributed by atoms with Crippen molar-refractivity contribution >= 4 is 39.1 Å². The number of alkyl halides is 1. The van der Waals surface area contributed by atoms with Crippen LogP contribution in [0.3, 0.4) is 0 Å². The second-order valence-electron chi connectivity index (χ2n) is 7.25. The number of nitrogens with one attached hydrogen (secondary N) is 2. The Labute approximate surface area is 160 Å². The number of fused-ring (bicyclic) bond motifs is 2. The molecule has 0 spiro atoms. The van der Waals surface area contributed by atoms with E-state index in [0.717, 1.165) is 27.5 Å². The predicted molar refractivity (Wildman–Crippen MR) is 105 cm³/mol. The second kappa shape index (κ2) is 6.67. The number of pyridine rings is 2. The molecule has 5 rings (SSSR count). The molecule has 0 saturated heterocycles. The van der Waals surface area contributed by atoms with Gasteiger partial charge in [0.05, 0.1) is 5.52 Å². The Kier molecular flexibility index (Phi) is 4.00. The van der Waals surface area contributed by atoms with Crippen LogP contribution in [0.25, 0.3) is 21.8 Å². The highest BCUT2D eigenvalue weighted by atomic mass is 19.1. The lowest BCUT2D eigenvalue weighted by atomic mass is 9.79. The molecule has 1 aliphatic carbocycles. The number of Topliss-reactive ketones (excluding diaryl/α,β-unsaturated/α-hetero) is 1. The molecule has 0 atom stereocenters. The second-order valence-corrected chi connectivity index (χ2v) is 7.25. The van der Waals surface area contributed by atoms with Crippen molar-refractivity contribution in [2.24, 2.45) is 5.92 Å². The Morgan fingerprint density at radius 2 is 2.07 bits per heavy atom. The van der Waals surface area contributed by atoms with Crippen LogP contribution in [0.15, 0.2) is 48.8 Å². The first kappa shape index (κ1) is 16.8. The molecule has 1 aromatic carbocycles. The van der Waals surface area contributed by atoms with Gasteiger partial charge in [-0.2, -0.15) is 5.10 Å². The number of rotatable bonds is 5. The van der Waals surface area contributed by atoms with E-state index in [4.69, 9.17) is 0 Å². The van der Waals surface area contributed by atoms with E-state index in [2.05, 4.69) is 25.5 Å². The fraction of sp³-hybridized carbons (Fsp3) is 0.238. The van der Waals surface area contributed by atoms with Gasteiger partial charge >= 0.3 is 0 Å². The van der Waals surface area contributed by atoms with E-state index in [1.165, 1.54) is 0 Å². The van der Waals surface area contributed by atoms with Gasteiger partial charge in [-0.1, -0.05) is 6.07 Å². The molecule has 7 heteroatoms. The van der Waals surface area contributed by atoms with Crippen LogP contribution >= 0.6 is 0 Å². The number of carbonyl (C=O) groups excluding carboxylic acids is 1. The van der Waals surface area contributed by atoms with Gasteiger partial charge < -0.3 is 5.32 Å². The lowest BCUT2D eigenvalue weighted by Crippen LogP contribution is -2.27. The van der Waals surface area contributed by atoms with Gasteiger partial charge in [0.2, 0.25) is 0 Å². The lowest BCUT2D eigenvalue weighted by Gasteiger charge is -2.28. The molecule has 1 fully saturated rings. The molecule has 140 valence electrons. The van der Waals surface area contributed by atoms with E-state index < -0.39 is 6.17 Å². The number of carbonyl (C=O) groups is 1. The van der Waals surface area contributed by atoms with Crippen LogP contribution < -0.4 is 5.32 Å². The smallest absolute Gasteiger partial charge is 0.182 e. The molecule has 4 aromatic rings. The van der Waals surface area contributed by atoms with E-state index in [1.807, 2.05) is 36.4 Å². The molecule has 1 saturated carbocycles. The summed E-state index contributed by atoms with van der Waals surface area (Å²) in [6.07, 6.45) is 3.94. The third-order valence-electron chi connectivity index (χ3n) is 5.26. The number of benzene rings is 1. The molecule has 0 radical (unpaired) electrons. The minimum absolute atomic E-state index is 0.0225. The van der Waals surface area contributed by atoms with Crippen molar-refractivity contribution in [3.05, 3.63) is 54.5 Å². The van der Waals surface area contributed by atoms with Crippen molar-refractivity contribution in [1.82, 2.24) is 20.2 Å². The quantitative estimate of drug-likeness (QED) is 0.499. The minimum atomic E-state index is -0.750. The summed E-state index contributed by atoms with van der Waals surface area (Å²) in [5.41, 5.74) is 2.92. The van der Waals surface area contributed by atoms with Crippen molar-refractivity contribution in [3.63, 3.8) is 0 Å². The number of H-pyrrole nitrogens is 1. The van der Waals surface area contributed by atoms with Crippen molar-refractivity contribution in [1.29, 1.82) is 0 Å². The standard InChI is InChI=1S/C21H18FN5O/c22-14-8-12(9-14)10-18(28)19-16-4-3-15(11-13(16)5-7-24-19)25-21-20-17(26-27-21)2-1-6-23-20/h1-7,11-12,14H,8-10H2,(H2,25,26,27). The number of aromatic nitrogens is 4. The average Bonchev–Trinajstić information content (AvgIpc) is 3.09. The Morgan fingerprint density at radius 3 is 2.93 bits per heavy atom. The monoisotopic (exact) mass is 375 g/mol. The number of halogens is 1. The zero-order chi connectivity index (χ0) is 19.1. The first-order chi connectivity index (χ1) is 13.7. The molecule has 6 nitrogen and oxygen atoms in total. The number of aromatic amines is 1. The maximum absolute atomic E-state index is 13.0. The van der Waals surface area contributed by atoms with Gasteiger partial charge in [0, 0.05) is 29.9 Å². The highest BCUT2D eigenvalue weighted by Crippen LogP contribution is 2.34. The predicted octanol–water partition coefficient (Wildman–Crippen LogP) is 4.57. The molecular formula is C21H18FN5O. The number of hydrogen-bond donors (Lipinski definition) is 2. The lowest BCUT2D eigenvalue weighted by molar-refractivity contribution is 0.0837. The molecular weight excluding hydrogens is 357 g/mol. The Balaban J connectivity index is 1.43. The Bertz CT molecular complexity index is 1180. The van der Waals surface area contributed by atoms with Crippen LogP contribution in [0.2, 0.25) is 0 Å². The highest BCUT2D eigenvalue weighted by molar-refractivity contribution is 6.07. The zero-order valence-electron chi connectivity index (χ0n) is 15.0. The van der Waals surface area contributed by atoms with Gasteiger partial charge in [-0.05, 0) is 54.5 Å². The third-order valence-corrected chi connectivity index (χ3v) is 5.26. The maximum Gasteiger partial charge on any atom is 0.182 e. The molecule has 28 heavy (non-hydrogen) atoms. The maximum atomic E-state index is 13.0. The van der Waals surface area contributed by atoms with E-state index in [9.17, 15) is 9.18 Å². The summed E-state index contributed by atoms with van der Waals surface area (Å²) in [6, 6.07) is 11.4. The molecule has 2 N–H and O–H groups in total. The topological polar surface area (TPSA) is 83.6 Å². The van der Waals surface area contributed by atoms with Crippen LogP contribution in [-0.2, 0) is 0 Å². The minimum Gasteiger partial charge on any atom is -0.337 e. The fourth-order valence-electron chi connectivity index (χ4n) is 3.73. The third kappa shape index (κ3) is 2.98. The summed E-state index contributed by atoms with van der Waals surface area (Å²) < 4.78 is 13.0. The normalized spacial score (nSPS) is 18.9. The summed E-state index contributed by atoms with van der Waals surface area (Å²) in [5.74, 6) is 0.762. The molecule has 0 aliphatic heterocycles. The Morgan fingerprint density at radius 1 is 1.18 bits per heavy atom. The van der Waals surface area contributed by atoms with E-state index >= 15 is 0 Å². The van der Waals surface area contributed by atoms with Crippen molar-refractivity contribution in [2.45, 2.75) is 25.4 Å². The summed E-state index contributed by atoms with van der Waals surface area (Å²) in [5, 5.41) is 12.2. The summed E-state index contributed by atoms with van der Waals surface area (Å²) in [6.45, 7) is 0. The number of hydrogen-bond acceptors (Lipinski definition) is 5.